The van der Waals surface area contributed by atoms with Gasteiger partial charge in [0.1, 0.15) is 0 Å². The second-order valence-corrected chi connectivity index (χ2v) is 4.96. The summed E-state index contributed by atoms with van der Waals surface area (Å²) in [5, 5.41) is 4.11. The smallest absolute Gasteiger partial charge is 0.250 e. The minimum atomic E-state index is -0.478. The largest absolute Gasteiger partial charge is 0.366 e. The number of amides is 1. The summed E-state index contributed by atoms with van der Waals surface area (Å²) >= 11 is 6.64. The van der Waals surface area contributed by atoms with Gasteiger partial charge in [0.05, 0.1) is 21.9 Å². The van der Waals surface area contributed by atoms with Crippen molar-refractivity contribution in [3.63, 3.8) is 0 Å². The van der Waals surface area contributed by atoms with E-state index >= 15 is 0 Å². The maximum absolute atomic E-state index is 11.3. The molecule has 1 amide bonds. The lowest BCUT2D eigenvalue weighted by molar-refractivity contribution is 0.1000. The maximum atomic E-state index is 11.3. The van der Waals surface area contributed by atoms with Gasteiger partial charge in [-0.1, -0.05) is 15.9 Å². The molecule has 0 unspecified atom stereocenters. The molecule has 0 fully saturated rings. The second kappa shape index (κ2) is 4.39. The van der Waals surface area contributed by atoms with E-state index in [-0.39, 0.29) is 0 Å². The second-order valence-electron chi connectivity index (χ2n) is 3.13. The zero-order valence-corrected chi connectivity index (χ0v) is 11.2. The molecule has 2 rings (SSSR count). The van der Waals surface area contributed by atoms with E-state index in [1.165, 1.54) is 0 Å². The van der Waals surface area contributed by atoms with Crippen LogP contribution >= 0.6 is 31.9 Å². The molecule has 0 atom stereocenters. The molecule has 2 aromatic rings. The highest BCUT2D eigenvalue weighted by Gasteiger charge is 2.11. The van der Waals surface area contributed by atoms with Gasteiger partial charge in [-0.05, 0) is 34.1 Å². The number of carbonyl (C=O) groups is 1. The van der Waals surface area contributed by atoms with Crippen LogP contribution in [-0.2, 0) is 0 Å². The Hall–Kier alpha value is -1.14. The van der Waals surface area contributed by atoms with E-state index in [4.69, 9.17) is 5.73 Å². The van der Waals surface area contributed by atoms with Gasteiger partial charge in [0.15, 0.2) is 0 Å². The van der Waals surface area contributed by atoms with Crippen LogP contribution in [0.5, 0.6) is 0 Å². The molecule has 0 saturated heterocycles. The predicted octanol–water partition coefficient (Wildman–Crippen LogP) is 2.50. The number of carbonyl (C=O) groups excluding carboxylic acids is 1. The number of nitrogens with zero attached hydrogens (tertiary/aromatic N) is 2. The highest BCUT2D eigenvalue weighted by atomic mass is 79.9. The Morgan fingerprint density at radius 2 is 2.06 bits per heavy atom. The van der Waals surface area contributed by atoms with Crippen molar-refractivity contribution in [1.82, 2.24) is 9.78 Å². The molecule has 0 aliphatic carbocycles. The van der Waals surface area contributed by atoms with Gasteiger partial charge < -0.3 is 5.73 Å². The molecule has 0 radical (unpaired) electrons. The molecule has 16 heavy (non-hydrogen) atoms. The number of halogens is 2. The molecule has 0 aliphatic rings. The van der Waals surface area contributed by atoms with Gasteiger partial charge in [0.25, 0.3) is 5.91 Å². The zero-order chi connectivity index (χ0) is 11.7. The first-order valence-electron chi connectivity index (χ1n) is 4.38. The molecule has 0 spiro atoms. The van der Waals surface area contributed by atoms with E-state index in [1.807, 2.05) is 0 Å². The van der Waals surface area contributed by atoms with Crippen LogP contribution in [0.1, 0.15) is 10.4 Å². The van der Waals surface area contributed by atoms with Gasteiger partial charge in [-0.15, -0.1) is 0 Å². The fraction of sp³-hybridized carbons (Fsp3) is 0. The lowest BCUT2D eigenvalue weighted by Gasteiger charge is -2.06. The van der Waals surface area contributed by atoms with E-state index in [1.54, 1.807) is 35.3 Å². The van der Waals surface area contributed by atoms with Gasteiger partial charge in [-0.3, -0.25) is 4.79 Å². The molecule has 0 saturated carbocycles. The summed E-state index contributed by atoms with van der Waals surface area (Å²) in [6.07, 6.45) is 3.40. The topological polar surface area (TPSA) is 60.9 Å². The molecule has 2 N–H and O–H groups in total. The van der Waals surface area contributed by atoms with Crippen LogP contribution in [0.4, 0.5) is 0 Å². The number of aromatic nitrogens is 2. The van der Waals surface area contributed by atoms with Crippen molar-refractivity contribution in [2.45, 2.75) is 0 Å². The van der Waals surface area contributed by atoms with Crippen LogP contribution in [-0.4, -0.2) is 15.7 Å². The summed E-state index contributed by atoms with van der Waals surface area (Å²) in [6, 6.07) is 5.22. The lowest BCUT2D eigenvalue weighted by atomic mass is 10.1. The number of rotatable bonds is 2. The molecule has 4 nitrogen and oxygen atoms in total. The van der Waals surface area contributed by atoms with E-state index in [0.29, 0.717) is 11.3 Å². The number of nitrogens with two attached hydrogens (primary N) is 1. The number of benzene rings is 1. The van der Waals surface area contributed by atoms with Gasteiger partial charge in [-0.25, -0.2) is 4.68 Å². The number of hydrogen-bond acceptors (Lipinski definition) is 2. The van der Waals surface area contributed by atoms with Crippen LogP contribution in [0.15, 0.2) is 39.5 Å². The Balaban J connectivity index is 2.62. The van der Waals surface area contributed by atoms with Crippen LogP contribution in [0, 0.1) is 0 Å². The molecule has 0 aliphatic heterocycles. The van der Waals surface area contributed by atoms with Crippen molar-refractivity contribution in [3.8, 4) is 5.69 Å². The quantitative estimate of drug-likeness (QED) is 0.909. The molecule has 1 aromatic carbocycles. The van der Waals surface area contributed by atoms with Gasteiger partial charge in [-0.2, -0.15) is 5.10 Å². The van der Waals surface area contributed by atoms with Crippen molar-refractivity contribution >= 4 is 37.8 Å². The van der Waals surface area contributed by atoms with Crippen molar-refractivity contribution in [3.05, 3.63) is 45.1 Å². The van der Waals surface area contributed by atoms with Crippen LogP contribution in [0.3, 0.4) is 0 Å². The van der Waals surface area contributed by atoms with Crippen molar-refractivity contribution in [2.75, 3.05) is 0 Å². The first-order chi connectivity index (χ1) is 7.58. The standard InChI is InChI=1S/C10H7Br2N3O/c11-6-1-2-8(10(13)16)9(3-6)15-5-7(12)4-14-15/h1-5H,(H2,13,16). The van der Waals surface area contributed by atoms with Crippen molar-refractivity contribution in [2.24, 2.45) is 5.73 Å². The first kappa shape index (κ1) is 11.3. The molecule has 1 heterocycles. The maximum Gasteiger partial charge on any atom is 0.250 e. The third-order valence-electron chi connectivity index (χ3n) is 2.02. The summed E-state index contributed by atoms with van der Waals surface area (Å²) in [5.74, 6) is -0.478. The van der Waals surface area contributed by atoms with Crippen LogP contribution in [0.25, 0.3) is 5.69 Å². The van der Waals surface area contributed by atoms with Gasteiger partial charge in [0, 0.05) is 10.7 Å². The molecular formula is C10H7Br2N3O. The van der Waals surface area contributed by atoms with Crippen LogP contribution < -0.4 is 5.73 Å². The Morgan fingerprint density at radius 3 is 2.62 bits per heavy atom. The van der Waals surface area contributed by atoms with E-state index in [2.05, 4.69) is 37.0 Å². The minimum absolute atomic E-state index is 0.429. The average Bonchev–Trinajstić information content (AvgIpc) is 2.64. The Labute approximate surface area is 109 Å². The summed E-state index contributed by atoms with van der Waals surface area (Å²) in [6.45, 7) is 0. The fourth-order valence-corrected chi connectivity index (χ4v) is 1.97. The minimum Gasteiger partial charge on any atom is -0.366 e. The molecule has 6 heteroatoms. The number of primary amides is 1. The van der Waals surface area contributed by atoms with E-state index < -0.39 is 5.91 Å². The Kier molecular flexibility index (Phi) is 3.11. The number of hydrogen-bond donors (Lipinski definition) is 1. The van der Waals surface area contributed by atoms with Crippen molar-refractivity contribution in [1.29, 1.82) is 0 Å². The Bertz CT molecular complexity index is 551. The van der Waals surface area contributed by atoms with E-state index in [0.717, 1.165) is 8.95 Å². The third-order valence-corrected chi connectivity index (χ3v) is 2.93. The summed E-state index contributed by atoms with van der Waals surface area (Å²) in [4.78, 5) is 11.3. The molecule has 0 bridgehead atoms. The highest BCUT2D eigenvalue weighted by Crippen LogP contribution is 2.21. The van der Waals surface area contributed by atoms with Gasteiger partial charge in [0.2, 0.25) is 0 Å². The Morgan fingerprint density at radius 1 is 1.31 bits per heavy atom. The molecular weight excluding hydrogens is 338 g/mol. The van der Waals surface area contributed by atoms with E-state index in [9.17, 15) is 4.79 Å². The normalized spacial score (nSPS) is 10.4. The predicted molar refractivity (Wildman–Crippen MR) is 67.5 cm³/mol. The average molecular weight is 345 g/mol. The SMILES string of the molecule is NC(=O)c1ccc(Br)cc1-n1cc(Br)cn1. The van der Waals surface area contributed by atoms with Gasteiger partial charge >= 0.3 is 0 Å². The zero-order valence-electron chi connectivity index (χ0n) is 8.02. The third kappa shape index (κ3) is 2.17. The van der Waals surface area contributed by atoms with Crippen LogP contribution in [0.2, 0.25) is 0 Å². The first-order valence-corrected chi connectivity index (χ1v) is 5.96. The molecule has 1 aromatic heterocycles. The molecule has 82 valence electrons. The summed E-state index contributed by atoms with van der Waals surface area (Å²) < 4.78 is 3.29. The summed E-state index contributed by atoms with van der Waals surface area (Å²) in [7, 11) is 0. The fourth-order valence-electron chi connectivity index (χ4n) is 1.34. The summed E-state index contributed by atoms with van der Waals surface area (Å²) in [5.41, 5.74) is 6.38. The monoisotopic (exact) mass is 343 g/mol. The lowest BCUT2D eigenvalue weighted by Crippen LogP contribution is -2.14. The van der Waals surface area contributed by atoms with Crippen molar-refractivity contribution < 1.29 is 4.79 Å². The highest BCUT2D eigenvalue weighted by molar-refractivity contribution is 9.10.